The van der Waals surface area contributed by atoms with Gasteiger partial charge >= 0.3 is 0 Å². The molecule has 0 aliphatic heterocycles. The SMILES string of the molecule is CC(O)COCc1cccc(Sc2ccccc2)c1. The van der Waals surface area contributed by atoms with Gasteiger partial charge in [-0.3, -0.25) is 0 Å². The highest BCUT2D eigenvalue weighted by Gasteiger charge is 2.00. The summed E-state index contributed by atoms with van der Waals surface area (Å²) in [5.41, 5.74) is 1.13. The number of rotatable bonds is 6. The molecule has 2 rings (SSSR count). The first kappa shape index (κ1) is 14.1. The van der Waals surface area contributed by atoms with E-state index in [0.717, 1.165) is 5.56 Å². The number of ether oxygens (including phenoxy) is 1. The molecule has 19 heavy (non-hydrogen) atoms. The Hall–Kier alpha value is -1.29. The van der Waals surface area contributed by atoms with Gasteiger partial charge in [0.2, 0.25) is 0 Å². The molecule has 2 nitrogen and oxygen atoms in total. The van der Waals surface area contributed by atoms with Crippen LogP contribution in [-0.4, -0.2) is 17.8 Å². The van der Waals surface area contributed by atoms with Crippen LogP contribution in [0.5, 0.6) is 0 Å². The molecule has 0 heterocycles. The van der Waals surface area contributed by atoms with Gasteiger partial charge in [0.25, 0.3) is 0 Å². The predicted molar refractivity (Wildman–Crippen MR) is 78.3 cm³/mol. The van der Waals surface area contributed by atoms with E-state index in [1.165, 1.54) is 9.79 Å². The van der Waals surface area contributed by atoms with Gasteiger partial charge in [0.05, 0.1) is 19.3 Å². The van der Waals surface area contributed by atoms with Crippen LogP contribution in [0.4, 0.5) is 0 Å². The Bertz CT molecular complexity index is 497. The Balaban J connectivity index is 1.95. The first-order valence-corrected chi connectivity index (χ1v) is 7.13. The van der Waals surface area contributed by atoms with Crippen LogP contribution in [0.15, 0.2) is 64.4 Å². The van der Waals surface area contributed by atoms with Crippen LogP contribution in [0.3, 0.4) is 0 Å². The average Bonchev–Trinajstić information content (AvgIpc) is 2.40. The van der Waals surface area contributed by atoms with Crippen molar-refractivity contribution in [3.05, 3.63) is 60.2 Å². The van der Waals surface area contributed by atoms with Gasteiger partial charge in [0, 0.05) is 9.79 Å². The van der Waals surface area contributed by atoms with E-state index in [-0.39, 0.29) is 0 Å². The van der Waals surface area contributed by atoms with Gasteiger partial charge in [-0.15, -0.1) is 0 Å². The quantitative estimate of drug-likeness (QED) is 0.870. The Morgan fingerprint density at radius 3 is 2.53 bits per heavy atom. The lowest BCUT2D eigenvalue weighted by atomic mass is 10.2. The molecule has 0 bridgehead atoms. The monoisotopic (exact) mass is 274 g/mol. The van der Waals surface area contributed by atoms with Crippen LogP contribution in [0.2, 0.25) is 0 Å². The number of benzene rings is 2. The third-order valence-electron chi connectivity index (χ3n) is 2.51. The van der Waals surface area contributed by atoms with E-state index in [4.69, 9.17) is 9.84 Å². The van der Waals surface area contributed by atoms with Crippen LogP contribution in [-0.2, 0) is 11.3 Å². The minimum absolute atomic E-state index is 0.371. The lowest BCUT2D eigenvalue weighted by Crippen LogP contribution is -2.09. The predicted octanol–water partition coefficient (Wildman–Crippen LogP) is 3.74. The summed E-state index contributed by atoms with van der Waals surface area (Å²) in [7, 11) is 0. The van der Waals surface area contributed by atoms with E-state index in [1.807, 2.05) is 30.3 Å². The average molecular weight is 274 g/mol. The zero-order valence-electron chi connectivity index (χ0n) is 11.0. The molecule has 3 heteroatoms. The normalized spacial score (nSPS) is 12.3. The molecule has 0 aliphatic carbocycles. The number of hydrogen-bond acceptors (Lipinski definition) is 3. The first-order valence-electron chi connectivity index (χ1n) is 6.32. The van der Waals surface area contributed by atoms with Crippen molar-refractivity contribution in [3.63, 3.8) is 0 Å². The van der Waals surface area contributed by atoms with Crippen LogP contribution in [0.25, 0.3) is 0 Å². The van der Waals surface area contributed by atoms with Crippen molar-refractivity contribution in [1.82, 2.24) is 0 Å². The molecule has 1 N–H and O–H groups in total. The molecule has 0 spiro atoms. The summed E-state index contributed by atoms with van der Waals surface area (Å²) < 4.78 is 5.43. The maximum absolute atomic E-state index is 9.15. The van der Waals surface area contributed by atoms with Crippen molar-refractivity contribution in [2.45, 2.75) is 29.4 Å². The lowest BCUT2D eigenvalue weighted by molar-refractivity contribution is 0.0375. The second-order valence-electron chi connectivity index (χ2n) is 4.43. The van der Waals surface area contributed by atoms with Crippen LogP contribution in [0.1, 0.15) is 12.5 Å². The molecule has 0 aromatic heterocycles. The molecule has 0 fully saturated rings. The van der Waals surface area contributed by atoms with Crippen molar-refractivity contribution in [1.29, 1.82) is 0 Å². The van der Waals surface area contributed by atoms with Crippen molar-refractivity contribution in [2.24, 2.45) is 0 Å². The largest absolute Gasteiger partial charge is 0.391 e. The Morgan fingerprint density at radius 2 is 1.79 bits per heavy atom. The maximum atomic E-state index is 9.15. The fourth-order valence-electron chi connectivity index (χ4n) is 1.67. The number of hydrogen-bond donors (Lipinski definition) is 1. The van der Waals surface area contributed by atoms with Gasteiger partial charge in [-0.1, -0.05) is 42.1 Å². The van der Waals surface area contributed by atoms with Gasteiger partial charge in [-0.25, -0.2) is 0 Å². The van der Waals surface area contributed by atoms with E-state index in [1.54, 1.807) is 18.7 Å². The third-order valence-corrected chi connectivity index (χ3v) is 3.50. The fraction of sp³-hybridized carbons (Fsp3) is 0.250. The van der Waals surface area contributed by atoms with Gasteiger partial charge < -0.3 is 9.84 Å². The first-order chi connectivity index (χ1) is 9.24. The number of aliphatic hydroxyl groups is 1. The summed E-state index contributed by atoms with van der Waals surface area (Å²) in [6, 6.07) is 18.6. The van der Waals surface area contributed by atoms with Crippen molar-refractivity contribution in [3.8, 4) is 0 Å². The van der Waals surface area contributed by atoms with Crippen molar-refractivity contribution >= 4 is 11.8 Å². The van der Waals surface area contributed by atoms with Crippen LogP contribution in [0, 0.1) is 0 Å². The third kappa shape index (κ3) is 5.07. The zero-order valence-corrected chi connectivity index (χ0v) is 11.8. The number of aliphatic hydroxyl groups excluding tert-OH is 1. The summed E-state index contributed by atoms with van der Waals surface area (Å²) in [4.78, 5) is 2.42. The van der Waals surface area contributed by atoms with Gasteiger partial charge in [0.1, 0.15) is 0 Å². The van der Waals surface area contributed by atoms with E-state index in [0.29, 0.717) is 13.2 Å². The fourth-order valence-corrected chi connectivity index (χ4v) is 2.59. The summed E-state index contributed by atoms with van der Waals surface area (Å²) in [6.07, 6.45) is -0.415. The molecule has 0 saturated heterocycles. The zero-order chi connectivity index (χ0) is 13.5. The van der Waals surface area contributed by atoms with E-state index in [2.05, 4.69) is 24.3 Å². The highest BCUT2D eigenvalue weighted by atomic mass is 32.2. The second-order valence-corrected chi connectivity index (χ2v) is 5.57. The molecule has 0 radical (unpaired) electrons. The molecular formula is C16H18O2S. The summed E-state index contributed by atoms with van der Waals surface area (Å²) in [5, 5.41) is 9.15. The molecule has 0 aliphatic rings. The summed E-state index contributed by atoms with van der Waals surface area (Å²) >= 11 is 1.74. The van der Waals surface area contributed by atoms with Gasteiger partial charge in [0.15, 0.2) is 0 Å². The Morgan fingerprint density at radius 1 is 1.05 bits per heavy atom. The van der Waals surface area contributed by atoms with Crippen LogP contribution >= 0.6 is 11.8 Å². The van der Waals surface area contributed by atoms with E-state index < -0.39 is 6.10 Å². The lowest BCUT2D eigenvalue weighted by Gasteiger charge is -2.08. The molecule has 1 unspecified atom stereocenters. The molecular weight excluding hydrogens is 256 g/mol. The molecule has 100 valence electrons. The topological polar surface area (TPSA) is 29.5 Å². The van der Waals surface area contributed by atoms with Crippen molar-refractivity contribution in [2.75, 3.05) is 6.61 Å². The summed E-state index contributed by atoms with van der Waals surface area (Å²) in [6.45, 7) is 2.63. The van der Waals surface area contributed by atoms with Gasteiger partial charge in [-0.2, -0.15) is 0 Å². The minimum Gasteiger partial charge on any atom is -0.391 e. The highest BCUT2D eigenvalue weighted by Crippen LogP contribution is 2.27. The molecule has 0 saturated carbocycles. The Kier molecular flexibility index (Phi) is 5.45. The smallest absolute Gasteiger partial charge is 0.0745 e. The molecule has 1 atom stereocenters. The standard InChI is InChI=1S/C16H18O2S/c1-13(17)11-18-12-14-6-5-9-16(10-14)19-15-7-3-2-4-8-15/h2-10,13,17H,11-12H2,1H3. The van der Waals surface area contributed by atoms with Crippen LogP contribution < -0.4 is 0 Å². The van der Waals surface area contributed by atoms with Crippen molar-refractivity contribution < 1.29 is 9.84 Å². The minimum atomic E-state index is -0.415. The molecule has 2 aromatic rings. The molecule has 2 aromatic carbocycles. The molecule has 0 amide bonds. The summed E-state index contributed by atoms with van der Waals surface area (Å²) in [5.74, 6) is 0. The Labute approximate surface area is 118 Å². The second kappa shape index (κ2) is 7.34. The van der Waals surface area contributed by atoms with E-state index in [9.17, 15) is 0 Å². The van der Waals surface area contributed by atoms with Gasteiger partial charge in [-0.05, 0) is 36.8 Å². The van der Waals surface area contributed by atoms with E-state index >= 15 is 0 Å². The highest BCUT2D eigenvalue weighted by molar-refractivity contribution is 7.99. The maximum Gasteiger partial charge on any atom is 0.0745 e.